The Bertz CT molecular complexity index is 423. The number of nitrogens with zero attached hydrogens (tertiary/aromatic N) is 1. The molecule has 3 N–H and O–H groups in total. The molecule has 19 heavy (non-hydrogen) atoms. The molecule has 0 aliphatic carbocycles. The van der Waals surface area contributed by atoms with Crippen LogP contribution in [0.3, 0.4) is 0 Å². The molecule has 1 aliphatic heterocycles. The summed E-state index contributed by atoms with van der Waals surface area (Å²) in [4.78, 5) is 2.17. The first-order valence-corrected chi connectivity index (χ1v) is 6.56. The number of phenols is 1. The molecule has 6 heteroatoms. The van der Waals surface area contributed by atoms with Crippen molar-refractivity contribution in [2.24, 2.45) is 0 Å². The summed E-state index contributed by atoms with van der Waals surface area (Å²) in [6.45, 7) is 5.31. The van der Waals surface area contributed by atoms with E-state index in [1.807, 2.05) is 6.92 Å². The molecule has 108 valence electrons. The van der Waals surface area contributed by atoms with Gasteiger partial charge in [0.05, 0.1) is 12.6 Å². The average molecular weight is 307 g/mol. The van der Waals surface area contributed by atoms with Gasteiger partial charge in [-0.1, -0.05) is 11.6 Å². The Morgan fingerprint density at radius 3 is 2.58 bits per heavy atom. The maximum absolute atomic E-state index is 10.1. The van der Waals surface area contributed by atoms with Crippen molar-refractivity contribution in [2.75, 3.05) is 32.8 Å². The Morgan fingerprint density at radius 2 is 2.00 bits per heavy atom. The quantitative estimate of drug-likeness (QED) is 0.796. The molecular weight excluding hydrogens is 287 g/mol. The van der Waals surface area contributed by atoms with Crippen molar-refractivity contribution in [3.63, 3.8) is 0 Å². The third-order valence-electron chi connectivity index (χ3n) is 3.42. The van der Waals surface area contributed by atoms with Crippen molar-refractivity contribution in [2.45, 2.75) is 13.0 Å². The van der Waals surface area contributed by atoms with Crippen LogP contribution in [0.25, 0.3) is 0 Å². The lowest BCUT2D eigenvalue weighted by atomic mass is 10.0. The van der Waals surface area contributed by atoms with Gasteiger partial charge in [0.2, 0.25) is 0 Å². The molecule has 0 radical (unpaired) electrons. The second-order valence-electron chi connectivity index (χ2n) is 4.64. The molecule has 1 aliphatic rings. The Hall–Kier alpha value is -0.520. The lowest BCUT2D eigenvalue weighted by Gasteiger charge is -2.34. The second-order valence-corrected chi connectivity index (χ2v) is 5.08. The number of piperazine rings is 1. The van der Waals surface area contributed by atoms with E-state index < -0.39 is 0 Å². The van der Waals surface area contributed by atoms with Crippen LogP contribution in [0.15, 0.2) is 12.1 Å². The zero-order valence-corrected chi connectivity index (χ0v) is 12.5. The summed E-state index contributed by atoms with van der Waals surface area (Å²) < 4.78 is 0. The van der Waals surface area contributed by atoms with Crippen molar-refractivity contribution < 1.29 is 10.2 Å². The SMILES string of the molecule is Cc1cc(Cl)cc([C@H](CO)N2CCNCC2)c1O.Cl. The molecule has 1 atom stereocenters. The summed E-state index contributed by atoms with van der Waals surface area (Å²) in [6.07, 6.45) is 0. The maximum Gasteiger partial charge on any atom is 0.123 e. The Balaban J connectivity index is 0.00000180. The minimum absolute atomic E-state index is 0. The van der Waals surface area contributed by atoms with Gasteiger partial charge in [-0.15, -0.1) is 12.4 Å². The van der Waals surface area contributed by atoms with Gasteiger partial charge >= 0.3 is 0 Å². The van der Waals surface area contributed by atoms with Crippen molar-refractivity contribution in [1.82, 2.24) is 10.2 Å². The minimum Gasteiger partial charge on any atom is -0.507 e. The van der Waals surface area contributed by atoms with Gasteiger partial charge in [-0.25, -0.2) is 0 Å². The molecule has 1 aromatic rings. The van der Waals surface area contributed by atoms with Crippen molar-refractivity contribution in [3.05, 3.63) is 28.3 Å². The van der Waals surface area contributed by atoms with Gasteiger partial charge in [0, 0.05) is 36.8 Å². The predicted molar refractivity (Wildman–Crippen MR) is 79.4 cm³/mol. The first-order valence-electron chi connectivity index (χ1n) is 6.18. The highest BCUT2D eigenvalue weighted by atomic mass is 35.5. The fourth-order valence-electron chi connectivity index (χ4n) is 2.42. The normalized spacial score (nSPS) is 17.8. The van der Waals surface area contributed by atoms with Crippen LogP contribution < -0.4 is 5.32 Å². The van der Waals surface area contributed by atoms with Gasteiger partial charge in [0.15, 0.2) is 0 Å². The van der Waals surface area contributed by atoms with Crippen LogP contribution in [0, 0.1) is 6.92 Å². The monoisotopic (exact) mass is 306 g/mol. The Kier molecular flexibility index (Phi) is 6.36. The zero-order chi connectivity index (χ0) is 13.1. The molecule has 0 spiro atoms. The first-order chi connectivity index (χ1) is 8.63. The number of aliphatic hydroxyl groups excluding tert-OH is 1. The van der Waals surface area contributed by atoms with E-state index in [1.54, 1.807) is 12.1 Å². The molecule has 2 rings (SSSR count). The molecule has 0 bridgehead atoms. The van der Waals surface area contributed by atoms with E-state index >= 15 is 0 Å². The van der Waals surface area contributed by atoms with Crippen LogP contribution in [0.1, 0.15) is 17.2 Å². The zero-order valence-electron chi connectivity index (χ0n) is 10.9. The summed E-state index contributed by atoms with van der Waals surface area (Å²) in [5.74, 6) is 0.233. The molecule has 4 nitrogen and oxygen atoms in total. The van der Waals surface area contributed by atoms with Gasteiger partial charge in [0.1, 0.15) is 5.75 Å². The highest BCUT2D eigenvalue weighted by molar-refractivity contribution is 6.30. The van der Waals surface area contributed by atoms with Crippen LogP contribution in [0.4, 0.5) is 0 Å². The van der Waals surface area contributed by atoms with Crippen LogP contribution in [-0.4, -0.2) is 47.9 Å². The van der Waals surface area contributed by atoms with Crippen molar-refractivity contribution in [3.8, 4) is 5.75 Å². The summed E-state index contributed by atoms with van der Waals surface area (Å²) in [5.41, 5.74) is 1.45. The number of nitrogens with one attached hydrogen (secondary N) is 1. The van der Waals surface area contributed by atoms with Gasteiger partial charge in [-0.3, -0.25) is 4.90 Å². The van der Waals surface area contributed by atoms with Crippen LogP contribution in [-0.2, 0) is 0 Å². The number of aryl methyl sites for hydroxylation is 1. The molecule has 1 fully saturated rings. The molecule has 0 aromatic heterocycles. The molecule has 1 aromatic carbocycles. The second kappa shape index (κ2) is 7.31. The number of hydrogen-bond donors (Lipinski definition) is 3. The molecule has 1 saturated heterocycles. The van der Waals surface area contributed by atoms with Crippen LogP contribution in [0.5, 0.6) is 5.75 Å². The number of halogens is 2. The number of hydrogen-bond acceptors (Lipinski definition) is 4. The highest BCUT2D eigenvalue weighted by Crippen LogP contribution is 2.33. The lowest BCUT2D eigenvalue weighted by molar-refractivity contribution is 0.109. The Morgan fingerprint density at radius 1 is 1.37 bits per heavy atom. The molecule has 0 unspecified atom stereocenters. The third-order valence-corrected chi connectivity index (χ3v) is 3.64. The van der Waals surface area contributed by atoms with Crippen LogP contribution in [0.2, 0.25) is 5.02 Å². The van der Waals surface area contributed by atoms with E-state index in [-0.39, 0.29) is 30.8 Å². The number of aromatic hydroxyl groups is 1. The van der Waals surface area contributed by atoms with Crippen molar-refractivity contribution >= 4 is 24.0 Å². The smallest absolute Gasteiger partial charge is 0.123 e. The number of rotatable bonds is 3. The minimum atomic E-state index is -0.190. The number of aliphatic hydroxyl groups is 1. The van der Waals surface area contributed by atoms with Gasteiger partial charge < -0.3 is 15.5 Å². The summed E-state index contributed by atoms with van der Waals surface area (Å²) >= 11 is 6.04. The molecule has 0 amide bonds. The van der Waals surface area contributed by atoms with E-state index in [9.17, 15) is 10.2 Å². The van der Waals surface area contributed by atoms with Crippen LogP contribution >= 0.6 is 24.0 Å². The van der Waals surface area contributed by atoms with E-state index in [1.165, 1.54) is 0 Å². The average Bonchev–Trinajstić information content (AvgIpc) is 2.37. The highest BCUT2D eigenvalue weighted by Gasteiger charge is 2.24. The van der Waals surface area contributed by atoms with Gasteiger partial charge in [-0.2, -0.15) is 0 Å². The fourth-order valence-corrected chi connectivity index (χ4v) is 2.70. The number of phenolic OH excluding ortho intramolecular Hbond substituents is 1. The number of benzene rings is 1. The van der Waals surface area contributed by atoms with E-state index in [0.717, 1.165) is 31.7 Å². The largest absolute Gasteiger partial charge is 0.507 e. The van der Waals surface area contributed by atoms with E-state index in [4.69, 9.17) is 11.6 Å². The molecule has 0 saturated carbocycles. The predicted octanol–water partition coefficient (Wildman–Crippen LogP) is 1.71. The Labute approximate surface area is 124 Å². The summed E-state index contributed by atoms with van der Waals surface area (Å²) in [7, 11) is 0. The third kappa shape index (κ3) is 3.74. The summed E-state index contributed by atoms with van der Waals surface area (Å²) in [6, 6.07) is 3.28. The fraction of sp³-hybridized carbons (Fsp3) is 0.538. The lowest BCUT2D eigenvalue weighted by Crippen LogP contribution is -2.46. The van der Waals surface area contributed by atoms with E-state index in [0.29, 0.717) is 10.6 Å². The maximum atomic E-state index is 10.1. The van der Waals surface area contributed by atoms with Crippen molar-refractivity contribution in [1.29, 1.82) is 0 Å². The van der Waals surface area contributed by atoms with Gasteiger partial charge in [0.25, 0.3) is 0 Å². The molecule has 1 heterocycles. The summed E-state index contributed by atoms with van der Waals surface area (Å²) in [5, 5.41) is 23.6. The first kappa shape index (κ1) is 16.5. The topological polar surface area (TPSA) is 55.7 Å². The molecular formula is C13H20Cl2N2O2. The van der Waals surface area contributed by atoms with Gasteiger partial charge in [-0.05, 0) is 24.6 Å². The standard InChI is InChI=1S/C13H19ClN2O2.ClH/c1-9-6-10(14)7-11(13(9)18)12(8-17)16-4-2-15-3-5-16;/h6-7,12,15,17-18H,2-5,8H2,1H3;1H/t12-;/m0./s1. The van der Waals surface area contributed by atoms with E-state index in [2.05, 4.69) is 10.2 Å².